The Morgan fingerprint density at radius 1 is 1.50 bits per heavy atom. The van der Waals surface area contributed by atoms with Crippen LogP contribution in [0.4, 0.5) is 0 Å². The van der Waals surface area contributed by atoms with Crippen LogP contribution in [-0.2, 0) is 0 Å². The molecule has 2 atom stereocenters. The van der Waals surface area contributed by atoms with Crippen molar-refractivity contribution in [3.8, 4) is 0 Å². The van der Waals surface area contributed by atoms with E-state index in [1.807, 2.05) is 0 Å². The number of amides is 1. The number of aliphatic hydroxyl groups excluding tert-OH is 1. The number of unbranched alkanes of at least 4 members (excludes halogenated alkanes) is 3. The van der Waals surface area contributed by atoms with Crippen molar-refractivity contribution in [2.24, 2.45) is 5.73 Å². The second-order valence-corrected chi connectivity index (χ2v) is 4.73. The fraction of sp³-hybridized carbons (Fsp3) is 0.692. The van der Waals surface area contributed by atoms with E-state index in [2.05, 4.69) is 11.9 Å². The van der Waals surface area contributed by atoms with Gasteiger partial charge in [0.25, 0.3) is 5.91 Å². The van der Waals surface area contributed by atoms with E-state index < -0.39 is 12.0 Å². The first-order valence-corrected chi connectivity index (χ1v) is 6.57. The molecule has 102 valence electrons. The summed E-state index contributed by atoms with van der Waals surface area (Å²) in [5.41, 5.74) is 5.41. The van der Waals surface area contributed by atoms with E-state index in [-0.39, 0.29) is 11.7 Å². The quantitative estimate of drug-likeness (QED) is 0.694. The van der Waals surface area contributed by atoms with E-state index in [1.165, 1.54) is 12.8 Å². The van der Waals surface area contributed by atoms with Crippen LogP contribution in [0.2, 0.25) is 0 Å². The maximum absolute atomic E-state index is 11.0. The molecule has 0 aliphatic heterocycles. The van der Waals surface area contributed by atoms with Crippen LogP contribution in [0, 0.1) is 0 Å². The highest BCUT2D eigenvalue weighted by Gasteiger charge is 2.18. The molecule has 0 radical (unpaired) electrons. The number of hydrogen-bond acceptors (Lipinski definition) is 3. The summed E-state index contributed by atoms with van der Waals surface area (Å²) in [5, 5.41) is 9.81. The molecule has 0 aliphatic rings. The van der Waals surface area contributed by atoms with Crippen molar-refractivity contribution in [3.63, 3.8) is 0 Å². The summed E-state index contributed by atoms with van der Waals surface area (Å²) < 4.78 is 1.79. The molecule has 1 heterocycles. The largest absolute Gasteiger partial charge is 0.391 e. The summed E-state index contributed by atoms with van der Waals surface area (Å²) in [6, 6.07) is -0.0394. The third kappa shape index (κ3) is 4.14. The molecular formula is C13H23N3O2. The zero-order chi connectivity index (χ0) is 13.5. The Hall–Kier alpha value is -1.36. The predicted molar refractivity (Wildman–Crippen MR) is 70.2 cm³/mol. The smallest absolute Gasteiger partial charge is 0.268 e. The molecule has 1 aromatic heterocycles. The molecule has 0 aliphatic carbocycles. The molecule has 1 aromatic rings. The molecule has 0 spiro atoms. The molecule has 0 unspecified atom stereocenters. The highest BCUT2D eigenvalue weighted by atomic mass is 16.3. The van der Waals surface area contributed by atoms with Crippen molar-refractivity contribution >= 4 is 5.91 Å². The molecule has 5 heteroatoms. The van der Waals surface area contributed by atoms with Crippen LogP contribution >= 0.6 is 0 Å². The van der Waals surface area contributed by atoms with Crippen molar-refractivity contribution in [2.45, 2.75) is 58.1 Å². The van der Waals surface area contributed by atoms with Gasteiger partial charge in [-0.2, -0.15) is 0 Å². The number of rotatable bonds is 8. The van der Waals surface area contributed by atoms with E-state index in [4.69, 9.17) is 5.73 Å². The number of aromatic nitrogens is 2. The maximum Gasteiger partial charge on any atom is 0.268 e. The molecule has 0 fully saturated rings. The molecule has 18 heavy (non-hydrogen) atoms. The van der Waals surface area contributed by atoms with Gasteiger partial charge in [0.2, 0.25) is 0 Å². The summed E-state index contributed by atoms with van der Waals surface area (Å²) in [5.74, 6) is -0.538. The van der Waals surface area contributed by atoms with Crippen LogP contribution in [0.15, 0.2) is 12.5 Å². The van der Waals surface area contributed by atoms with Gasteiger partial charge in [-0.1, -0.05) is 32.6 Å². The van der Waals surface area contributed by atoms with Gasteiger partial charge in [-0.25, -0.2) is 4.98 Å². The zero-order valence-corrected chi connectivity index (χ0v) is 11.2. The SMILES string of the molecule is CCCCCC[C@@H]([C@H](C)O)n1cnc(C(N)=O)c1. The minimum absolute atomic E-state index is 0.0394. The van der Waals surface area contributed by atoms with Gasteiger partial charge in [-0.05, 0) is 13.3 Å². The van der Waals surface area contributed by atoms with Crippen molar-refractivity contribution in [1.82, 2.24) is 9.55 Å². The third-order valence-electron chi connectivity index (χ3n) is 3.15. The summed E-state index contributed by atoms with van der Waals surface area (Å²) in [6.45, 7) is 3.93. The van der Waals surface area contributed by atoms with E-state index in [1.54, 1.807) is 24.0 Å². The van der Waals surface area contributed by atoms with Gasteiger partial charge in [0.05, 0.1) is 18.5 Å². The number of aliphatic hydroxyl groups is 1. The van der Waals surface area contributed by atoms with Gasteiger partial charge < -0.3 is 15.4 Å². The van der Waals surface area contributed by atoms with Crippen molar-refractivity contribution in [2.75, 3.05) is 0 Å². The van der Waals surface area contributed by atoms with Gasteiger partial charge in [-0.15, -0.1) is 0 Å². The Bertz CT molecular complexity index is 374. The molecular weight excluding hydrogens is 230 g/mol. The maximum atomic E-state index is 11.0. The average molecular weight is 253 g/mol. The first-order valence-electron chi connectivity index (χ1n) is 6.57. The standard InChI is InChI=1S/C13H23N3O2/c1-3-4-5-6-7-12(10(2)17)16-8-11(13(14)18)15-9-16/h8-10,12,17H,3-7H2,1-2H3,(H2,14,18)/t10-,12-/m0/s1. The highest BCUT2D eigenvalue weighted by molar-refractivity contribution is 5.90. The molecule has 1 rings (SSSR count). The van der Waals surface area contributed by atoms with Crippen LogP contribution in [0.25, 0.3) is 0 Å². The van der Waals surface area contributed by atoms with Gasteiger partial charge in [0, 0.05) is 6.20 Å². The first kappa shape index (κ1) is 14.7. The summed E-state index contributed by atoms with van der Waals surface area (Å²) in [4.78, 5) is 14.9. The van der Waals surface area contributed by atoms with Crippen LogP contribution in [0.3, 0.4) is 0 Å². The number of hydrogen-bond donors (Lipinski definition) is 2. The monoisotopic (exact) mass is 253 g/mol. The van der Waals surface area contributed by atoms with Crippen molar-refractivity contribution in [3.05, 3.63) is 18.2 Å². The zero-order valence-electron chi connectivity index (χ0n) is 11.2. The number of primary amides is 1. The lowest BCUT2D eigenvalue weighted by Gasteiger charge is -2.21. The number of nitrogens with zero attached hydrogens (tertiary/aromatic N) is 2. The summed E-state index contributed by atoms with van der Waals surface area (Å²) in [6.07, 6.45) is 8.22. The fourth-order valence-electron chi connectivity index (χ4n) is 2.06. The number of imidazole rings is 1. The Balaban J connectivity index is 2.62. The molecule has 0 bridgehead atoms. The molecule has 5 nitrogen and oxygen atoms in total. The normalized spacial score (nSPS) is 14.4. The minimum atomic E-state index is -0.538. The Morgan fingerprint density at radius 3 is 2.72 bits per heavy atom. The van der Waals surface area contributed by atoms with Gasteiger partial charge in [0.1, 0.15) is 5.69 Å². The van der Waals surface area contributed by atoms with Crippen LogP contribution in [0.1, 0.15) is 62.5 Å². The second-order valence-electron chi connectivity index (χ2n) is 4.73. The molecule has 3 N–H and O–H groups in total. The van der Waals surface area contributed by atoms with Crippen LogP contribution in [0.5, 0.6) is 0 Å². The van der Waals surface area contributed by atoms with Crippen LogP contribution < -0.4 is 5.73 Å². The van der Waals surface area contributed by atoms with E-state index >= 15 is 0 Å². The average Bonchev–Trinajstić information content (AvgIpc) is 2.77. The highest BCUT2D eigenvalue weighted by Crippen LogP contribution is 2.20. The Kier molecular flexibility index (Phi) is 5.85. The van der Waals surface area contributed by atoms with E-state index in [0.29, 0.717) is 0 Å². The lowest BCUT2D eigenvalue weighted by molar-refractivity contribution is 0.0994. The third-order valence-corrected chi connectivity index (χ3v) is 3.15. The molecule has 0 saturated heterocycles. The number of nitrogens with two attached hydrogens (primary N) is 1. The van der Waals surface area contributed by atoms with Gasteiger partial charge in [-0.3, -0.25) is 4.79 Å². The Labute approximate surface area is 108 Å². The second kappa shape index (κ2) is 7.16. The molecule has 0 aromatic carbocycles. The number of carbonyl (C=O) groups is 1. The lowest BCUT2D eigenvalue weighted by Crippen LogP contribution is -2.20. The van der Waals surface area contributed by atoms with Crippen molar-refractivity contribution in [1.29, 1.82) is 0 Å². The molecule has 1 amide bonds. The van der Waals surface area contributed by atoms with Crippen molar-refractivity contribution < 1.29 is 9.90 Å². The first-order chi connectivity index (χ1) is 8.56. The summed E-state index contributed by atoms with van der Waals surface area (Å²) in [7, 11) is 0. The minimum Gasteiger partial charge on any atom is -0.391 e. The predicted octanol–water partition coefficient (Wildman–Crippen LogP) is 1.87. The number of carbonyl (C=O) groups excluding carboxylic acids is 1. The lowest BCUT2D eigenvalue weighted by atomic mass is 10.0. The van der Waals surface area contributed by atoms with Gasteiger partial charge in [0.15, 0.2) is 0 Å². The van der Waals surface area contributed by atoms with Crippen LogP contribution in [-0.4, -0.2) is 26.7 Å². The summed E-state index contributed by atoms with van der Waals surface area (Å²) >= 11 is 0. The van der Waals surface area contributed by atoms with E-state index in [9.17, 15) is 9.90 Å². The fourth-order valence-corrected chi connectivity index (χ4v) is 2.06. The van der Waals surface area contributed by atoms with E-state index in [0.717, 1.165) is 19.3 Å². The molecule has 0 saturated carbocycles. The Morgan fingerprint density at radius 2 is 2.22 bits per heavy atom. The van der Waals surface area contributed by atoms with Gasteiger partial charge >= 0.3 is 0 Å². The topological polar surface area (TPSA) is 81.1 Å².